The van der Waals surface area contributed by atoms with E-state index < -0.39 is 0 Å². The van der Waals surface area contributed by atoms with Crippen LogP contribution in [-0.2, 0) is 0 Å². The molecule has 1 aromatic heterocycles. The number of rotatable bonds is 4. The lowest BCUT2D eigenvalue weighted by Gasteiger charge is -2.06. The quantitative estimate of drug-likeness (QED) is 0.785. The first-order valence-corrected chi connectivity index (χ1v) is 5.26. The molecule has 14 heavy (non-hydrogen) atoms. The molecule has 2 atom stereocenters. The Balaban J connectivity index is 1.82. The SMILES string of the molecule is CC(C)NCC1CC1c1ccncn1. The second-order valence-electron chi connectivity index (χ2n) is 4.30. The molecule has 0 aromatic carbocycles. The monoisotopic (exact) mass is 191 g/mol. The standard InChI is InChI=1S/C11H17N3/c1-8(2)13-6-9-5-10(9)11-3-4-12-7-14-11/h3-4,7-10,13H,5-6H2,1-2H3. The van der Waals surface area contributed by atoms with Gasteiger partial charge in [0.25, 0.3) is 0 Å². The first-order chi connectivity index (χ1) is 6.77. The van der Waals surface area contributed by atoms with E-state index in [0.29, 0.717) is 12.0 Å². The van der Waals surface area contributed by atoms with Gasteiger partial charge in [-0.1, -0.05) is 13.8 Å². The summed E-state index contributed by atoms with van der Waals surface area (Å²) in [5.41, 5.74) is 1.20. The molecular formula is C11H17N3. The molecule has 2 rings (SSSR count). The van der Waals surface area contributed by atoms with Crippen LogP contribution in [0, 0.1) is 5.92 Å². The maximum absolute atomic E-state index is 4.28. The van der Waals surface area contributed by atoms with Crippen LogP contribution >= 0.6 is 0 Å². The summed E-state index contributed by atoms with van der Waals surface area (Å²) < 4.78 is 0. The molecule has 0 radical (unpaired) electrons. The van der Waals surface area contributed by atoms with Crippen molar-refractivity contribution in [3.63, 3.8) is 0 Å². The second-order valence-corrected chi connectivity index (χ2v) is 4.30. The van der Waals surface area contributed by atoms with Gasteiger partial charge in [0.1, 0.15) is 6.33 Å². The number of nitrogens with one attached hydrogen (secondary N) is 1. The minimum Gasteiger partial charge on any atom is -0.314 e. The third-order valence-electron chi connectivity index (χ3n) is 2.70. The third-order valence-corrected chi connectivity index (χ3v) is 2.70. The Labute approximate surface area is 85.0 Å². The van der Waals surface area contributed by atoms with E-state index in [2.05, 4.69) is 29.1 Å². The second kappa shape index (κ2) is 4.05. The van der Waals surface area contributed by atoms with Gasteiger partial charge in [-0.15, -0.1) is 0 Å². The molecule has 0 saturated heterocycles. The van der Waals surface area contributed by atoms with Gasteiger partial charge in [0, 0.05) is 23.9 Å². The Morgan fingerprint density at radius 2 is 2.43 bits per heavy atom. The Hall–Kier alpha value is -0.960. The Morgan fingerprint density at radius 3 is 3.07 bits per heavy atom. The van der Waals surface area contributed by atoms with Crippen molar-refractivity contribution >= 4 is 0 Å². The van der Waals surface area contributed by atoms with Crippen molar-refractivity contribution in [1.29, 1.82) is 0 Å². The summed E-state index contributed by atoms with van der Waals surface area (Å²) in [5, 5.41) is 3.46. The molecule has 1 saturated carbocycles. The highest BCUT2D eigenvalue weighted by atomic mass is 14.9. The van der Waals surface area contributed by atoms with Gasteiger partial charge in [0.2, 0.25) is 0 Å². The summed E-state index contributed by atoms with van der Waals surface area (Å²) in [5.74, 6) is 1.46. The molecule has 2 unspecified atom stereocenters. The van der Waals surface area contributed by atoms with Crippen LogP contribution in [0.15, 0.2) is 18.6 Å². The molecule has 76 valence electrons. The Morgan fingerprint density at radius 1 is 1.57 bits per heavy atom. The first-order valence-electron chi connectivity index (χ1n) is 5.26. The summed E-state index contributed by atoms with van der Waals surface area (Å²) in [7, 11) is 0. The lowest BCUT2D eigenvalue weighted by molar-refractivity contribution is 0.553. The summed E-state index contributed by atoms with van der Waals surface area (Å²) in [6.07, 6.45) is 4.74. The van der Waals surface area contributed by atoms with Crippen molar-refractivity contribution in [3.8, 4) is 0 Å². The van der Waals surface area contributed by atoms with Gasteiger partial charge in [0.05, 0.1) is 0 Å². The zero-order valence-electron chi connectivity index (χ0n) is 8.77. The number of aromatic nitrogens is 2. The predicted octanol–water partition coefficient (Wildman–Crippen LogP) is 1.58. The highest BCUT2D eigenvalue weighted by molar-refractivity contribution is 5.16. The fourth-order valence-electron chi connectivity index (χ4n) is 1.74. The summed E-state index contributed by atoms with van der Waals surface area (Å²) in [4.78, 5) is 8.21. The molecule has 0 amide bonds. The Bertz CT molecular complexity index is 284. The average molecular weight is 191 g/mol. The van der Waals surface area contributed by atoms with Crippen molar-refractivity contribution in [1.82, 2.24) is 15.3 Å². The van der Waals surface area contributed by atoms with E-state index in [9.17, 15) is 0 Å². The largest absolute Gasteiger partial charge is 0.314 e. The molecule has 0 spiro atoms. The van der Waals surface area contributed by atoms with Crippen LogP contribution < -0.4 is 5.32 Å². The van der Waals surface area contributed by atoms with E-state index in [1.165, 1.54) is 12.1 Å². The van der Waals surface area contributed by atoms with Crippen LogP contribution in [0.2, 0.25) is 0 Å². The third kappa shape index (κ3) is 2.29. The van der Waals surface area contributed by atoms with E-state index in [0.717, 1.165) is 12.5 Å². The molecule has 3 heteroatoms. The molecule has 1 N–H and O–H groups in total. The van der Waals surface area contributed by atoms with Gasteiger partial charge in [-0.05, 0) is 24.9 Å². The molecule has 1 fully saturated rings. The van der Waals surface area contributed by atoms with Gasteiger partial charge in [-0.3, -0.25) is 0 Å². The fraction of sp³-hybridized carbons (Fsp3) is 0.636. The van der Waals surface area contributed by atoms with Crippen molar-refractivity contribution in [2.45, 2.75) is 32.2 Å². The Kier molecular flexibility index (Phi) is 2.77. The highest BCUT2D eigenvalue weighted by Gasteiger charge is 2.38. The van der Waals surface area contributed by atoms with Gasteiger partial charge < -0.3 is 5.32 Å². The molecule has 3 nitrogen and oxygen atoms in total. The molecule has 0 aliphatic heterocycles. The molecule has 1 aliphatic carbocycles. The normalized spacial score (nSPS) is 25.4. The van der Waals surface area contributed by atoms with E-state index in [1.54, 1.807) is 6.33 Å². The van der Waals surface area contributed by atoms with E-state index in [1.807, 2.05) is 12.3 Å². The lowest BCUT2D eigenvalue weighted by atomic mass is 10.2. The summed E-state index contributed by atoms with van der Waals surface area (Å²) in [6, 6.07) is 2.61. The topological polar surface area (TPSA) is 37.8 Å². The lowest BCUT2D eigenvalue weighted by Crippen LogP contribution is -2.25. The van der Waals surface area contributed by atoms with E-state index in [-0.39, 0.29) is 0 Å². The van der Waals surface area contributed by atoms with Crippen molar-refractivity contribution in [3.05, 3.63) is 24.3 Å². The maximum atomic E-state index is 4.28. The number of hydrogen-bond donors (Lipinski definition) is 1. The molecule has 1 aliphatic rings. The molecular weight excluding hydrogens is 174 g/mol. The molecule has 1 heterocycles. The minimum atomic E-state index is 0.585. The van der Waals surface area contributed by atoms with Gasteiger partial charge in [0.15, 0.2) is 0 Å². The van der Waals surface area contributed by atoms with Crippen LogP contribution in [0.1, 0.15) is 31.9 Å². The summed E-state index contributed by atoms with van der Waals surface area (Å²) >= 11 is 0. The predicted molar refractivity (Wildman–Crippen MR) is 56.0 cm³/mol. The van der Waals surface area contributed by atoms with Crippen LogP contribution in [0.25, 0.3) is 0 Å². The smallest absolute Gasteiger partial charge is 0.115 e. The zero-order valence-corrected chi connectivity index (χ0v) is 8.77. The van der Waals surface area contributed by atoms with Gasteiger partial charge >= 0.3 is 0 Å². The van der Waals surface area contributed by atoms with Crippen LogP contribution in [0.5, 0.6) is 0 Å². The van der Waals surface area contributed by atoms with Crippen LogP contribution in [-0.4, -0.2) is 22.6 Å². The minimum absolute atomic E-state index is 0.585. The molecule has 1 aromatic rings. The van der Waals surface area contributed by atoms with Gasteiger partial charge in [-0.25, -0.2) is 9.97 Å². The zero-order chi connectivity index (χ0) is 9.97. The van der Waals surface area contributed by atoms with Gasteiger partial charge in [-0.2, -0.15) is 0 Å². The number of hydrogen-bond acceptors (Lipinski definition) is 3. The molecule has 0 bridgehead atoms. The summed E-state index contributed by atoms with van der Waals surface area (Å²) in [6.45, 7) is 5.48. The van der Waals surface area contributed by atoms with Crippen molar-refractivity contribution in [2.75, 3.05) is 6.54 Å². The van der Waals surface area contributed by atoms with Crippen LogP contribution in [0.3, 0.4) is 0 Å². The van der Waals surface area contributed by atoms with Crippen LogP contribution in [0.4, 0.5) is 0 Å². The maximum Gasteiger partial charge on any atom is 0.115 e. The number of nitrogens with zero attached hydrogens (tertiary/aromatic N) is 2. The first kappa shape index (κ1) is 9.59. The van der Waals surface area contributed by atoms with Crippen molar-refractivity contribution < 1.29 is 0 Å². The average Bonchev–Trinajstić information content (AvgIpc) is 2.95. The van der Waals surface area contributed by atoms with E-state index >= 15 is 0 Å². The van der Waals surface area contributed by atoms with E-state index in [4.69, 9.17) is 0 Å². The fourth-order valence-corrected chi connectivity index (χ4v) is 1.74. The highest BCUT2D eigenvalue weighted by Crippen LogP contribution is 2.45. The van der Waals surface area contributed by atoms with Crippen molar-refractivity contribution in [2.24, 2.45) is 5.92 Å².